The normalized spacial score (nSPS) is 14.5. The van der Waals surface area contributed by atoms with Crippen molar-refractivity contribution in [2.24, 2.45) is 5.10 Å². The Morgan fingerprint density at radius 2 is 1.42 bits per heavy atom. The van der Waals surface area contributed by atoms with Crippen LogP contribution in [0.2, 0.25) is 0 Å². The van der Waals surface area contributed by atoms with Crippen molar-refractivity contribution in [3.8, 4) is 0 Å². The average Bonchev–Trinajstić information content (AvgIpc) is 2.48. The predicted octanol–water partition coefficient (Wildman–Crippen LogP) is 2.88. The molecule has 0 spiro atoms. The van der Waals surface area contributed by atoms with Gasteiger partial charge in [0.1, 0.15) is 0 Å². The van der Waals surface area contributed by atoms with E-state index in [1.807, 2.05) is 43.4 Å². The third-order valence-corrected chi connectivity index (χ3v) is 2.98. The van der Waals surface area contributed by atoms with Gasteiger partial charge < -0.3 is 0 Å². The second kappa shape index (κ2) is 4.98. The predicted molar refractivity (Wildman–Crippen MR) is 78.3 cm³/mol. The molecule has 0 saturated carbocycles. The van der Waals surface area contributed by atoms with E-state index in [4.69, 9.17) is 0 Å². The Bertz CT molecular complexity index is 615. The van der Waals surface area contributed by atoms with Gasteiger partial charge in [0.2, 0.25) is 0 Å². The molecule has 0 amide bonds. The van der Waals surface area contributed by atoms with E-state index >= 15 is 0 Å². The standard InChI is InChI=1S/C16H15N3/c1-19-17-15(13-8-4-2-5-9-13)12-16(18-19)14-10-6-3-7-11-14/h2-12,17H,1H3. The van der Waals surface area contributed by atoms with Crippen molar-refractivity contribution in [1.82, 2.24) is 10.5 Å². The van der Waals surface area contributed by atoms with Gasteiger partial charge in [0.15, 0.2) is 0 Å². The molecule has 0 radical (unpaired) electrons. The third-order valence-electron chi connectivity index (χ3n) is 2.98. The van der Waals surface area contributed by atoms with E-state index in [0.29, 0.717) is 0 Å². The summed E-state index contributed by atoms with van der Waals surface area (Å²) in [6.07, 6.45) is 2.07. The fourth-order valence-electron chi connectivity index (χ4n) is 2.07. The maximum atomic E-state index is 4.49. The maximum absolute atomic E-state index is 4.49. The van der Waals surface area contributed by atoms with E-state index in [9.17, 15) is 0 Å². The molecule has 0 aliphatic carbocycles. The first-order valence-electron chi connectivity index (χ1n) is 6.24. The number of nitrogens with one attached hydrogen (secondary N) is 1. The number of rotatable bonds is 2. The zero-order valence-corrected chi connectivity index (χ0v) is 10.7. The van der Waals surface area contributed by atoms with E-state index in [1.165, 1.54) is 0 Å². The molecule has 1 aliphatic heterocycles. The third kappa shape index (κ3) is 2.50. The summed E-state index contributed by atoms with van der Waals surface area (Å²) in [5.74, 6) is 0. The minimum absolute atomic E-state index is 0.959. The van der Waals surface area contributed by atoms with Crippen LogP contribution in [-0.4, -0.2) is 17.9 Å². The summed E-state index contributed by atoms with van der Waals surface area (Å²) < 4.78 is 0. The fraction of sp³-hybridized carbons (Fsp3) is 0.0625. The Kier molecular flexibility index (Phi) is 3.02. The quantitative estimate of drug-likeness (QED) is 0.886. The van der Waals surface area contributed by atoms with Gasteiger partial charge in [-0.25, -0.2) is 5.12 Å². The molecule has 94 valence electrons. The molecule has 0 bridgehead atoms. The Morgan fingerprint density at radius 1 is 0.842 bits per heavy atom. The monoisotopic (exact) mass is 249 g/mol. The highest BCUT2D eigenvalue weighted by Gasteiger charge is 2.12. The first kappa shape index (κ1) is 11.5. The summed E-state index contributed by atoms with van der Waals surface area (Å²) in [7, 11) is 1.90. The minimum atomic E-state index is 0.959. The van der Waals surface area contributed by atoms with Gasteiger partial charge >= 0.3 is 0 Å². The van der Waals surface area contributed by atoms with Crippen LogP contribution in [-0.2, 0) is 0 Å². The van der Waals surface area contributed by atoms with Gasteiger partial charge in [-0.1, -0.05) is 60.7 Å². The fourth-order valence-corrected chi connectivity index (χ4v) is 2.07. The molecule has 19 heavy (non-hydrogen) atoms. The number of hydrazone groups is 1. The highest BCUT2D eigenvalue weighted by atomic mass is 15.7. The Balaban J connectivity index is 2.00. The minimum Gasteiger partial charge on any atom is -0.282 e. The summed E-state index contributed by atoms with van der Waals surface area (Å²) in [4.78, 5) is 0. The molecule has 0 saturated heterocycles. The molecule has 1 N–H and O–H groups in total. The second-order valence-electron chi connectivity index (χ2n) is 4.41. The molecule has 2 aromatic carbocycles. The van der Waals surface area contributed by atoms with Crippen LogP contribution in [0.25, 0.3) is 5.70 Å². The van der Waals surface area contributed by atoms with Crippen molar-refractivity contribution in [2.75, 3.05) is 7.05 Å². The summed E-state index contributed by atoms with van der Waals surface area (Å²) in [6, 6.07) is 20.4. The van der Waals surface area contributed by atoms with Gasteiger partial charge in [0.05, 0.1) is 11.4 Å². The first-order valence-corrected chi connectivity index (χ1v) is 6.24. The zero-order valence-electron chi connectivity index (χ0n) is 10.7. The largest absolute Gasteiger partial charge is 0.282 e. The lowest BCUT2D eigenvalue weighted by Crippen LogP contribution is -2.33. The molecule has 1 heterocycles. The molecular weight excluding hydrogens is 234 g/mol. The highest BCUT2D eigenvalue weighted by molar-refractivity contribution is 6.12. The summed E-state index contributed by atoms with van der Waals surface area (Å²) >= 11 is 0. The van der Waals surface area contributed by atoms with Crippen molar-refractivity contribution in [3.63, 3.8) is 0 Å². The van der Waals surface area contributed by atoms with Crippen LogP contribution in [0.4, 0.5) is 0 Å². The van der Waals surface area contributed by atoms with Crippen molar-refractivity contribution in [1.29, 1.82) is 0 Å². The van der Waals surface area contributed by atoms with Crippen molar-refractivity contribution in [2.45, 2.75) is 0 Å². The molecule has 3 rings (SSSR count). The number of allylic oxidation sites excluding steroid dienone is 1. The topological polar surface area (TPSA) is 27.6 Å². The van der Waals surface area contributed by atoms with Gasteiger partial charge in [0, 0.05) is 12.6 Å². The number of hydrogen-bond donors (Lipinski definition) is 1. The summed E-state index contributed by atoms with van der Waals surface area (Å²) in [5, 5.41) is 6.23. The van der Waals surface area contributed by atoms with Crippen LogP contribution in [0.3, 0.4) is 0 Å². The lowest BCUT2D eigenvalue weighted by atomic mass is 10.1. The van der Waals surface area contributed by atoms with E-state index < -0.39 is 0 Å². The van der Waals surface area contributed by atoms with Gasteiger partial charge in [-0.2, -0.15) is 5.10 Å². The maximum Gasteiger partial charge on any atom is 0.0945 e. The van der Waals surface area contributed by atoms with E-state index in [-0.39, 0.29) is 0 Å². The highest BCUT2D eigenvalue weighted by Crippen LogP contribution is 2.17. The van der Waals surface area contributed by atoms with Crippen LogP contribution in [0.15, 0.2) is 71.8 Å². The van der Waals surface area contributed by atoms with Crippen LogP contribution in [0.5, 0.6) is 0 Å². The molecule has 0 fully saturated rings. The number of hydrogen-bond acceptors (Lipinski definition) is 3. The smallest absolute Gasteiger partial charge is 0.0945 e. The molecular formula is C16H15N3. The summed E-state index contributed by atoms with van der Waals surface area (Å²) in [6.45, 7) is 0. The van der Waals surface area contributed by atoms with Crippen molar-refractivity contribution in [3.05, 3.63) is 77.9 Å². The molecule has 2 aromatic rings. The molecule has 3 heteroatoms. The van der Waals surface area contributed by atoms with Crippen molar-refractivity contribution < 1.29 is 0 Å². The summed E-state index contributed by atoms with van der Waals surface area (Å²) in [5.41, 5.74) is 7.52. The zero-order chi connectivity index (χ0) is 13.1. The lowest BCUT2D eigenvalue weighted by Gasteiger charge is -2.24. The Hall–Kier alpha value is -2.55. The molecule has 3 nitrogen and oxygen atoms in total. The van der Waals surface area contributed by atoms with Crippen LogP contribution >= 0.6 is 0 Å². The lowest BCUT2D eigenvalue weighted by molar-refractivity contribution is 0.298. The molecule has 0 aromatic heterocycles. The van der Waals surface area contributed by atoms with E-state index in [0.717, 1.165) is 22.5 Å². The molecule has 0 unspecified atom stereocenters. The van der Waals surface area contributed by atoms with Gasteiger partial charge in [-0.3, -0.25) is 5.43 Å². The Labute approximate surface area is 112 Å². The van der Waals surface area contributed by atoms with Gasteiger partial charge in [0.25, 0.3) is 0 Å². The number of benzene rings is 2. The molecule has 0 atom stereocenters. The van der Waals surface area contributed by atoms with Crippen molar-refractivity contribution >= 4 is 11.4 Å². The van der Waals surface area contributed by atoms with Crippen LogP contribution < -0.4 is 5.43 Å². The van der Waals surface area contributed by atoms with E-state index in [1.54, 1.807) is 5.12 Å². The van der Waals surface area contributed by atoms with Gasteiger partial charge in [-0.15, -0.1) is 0 Å². The number of nitrogens with zero attached hydrogens (tertiary/aromatic N) is 2. The van der Waals surface area contributed by atoms with E-state index in [2.05, 4.69) is 40.9 Å². The number of hydrazine groups is 1. The SMILES string of the molecule is CN1N=C(c2ccccc2)C=C(c2ccccc2)N1. The van der Waals surface area contributed by atoms with Crippen LogP contribution in [0, 0.1) is 0 Å². The second-order valence-corrected chi connectivity index (χ2v) is 4.41. The molecule has 1 aliphatic rings. The van der Waals surface area contributed by atoms with Crippen LogP contribution in [0.1, 0.15) is 11.1 Å². The average molecular weight is 249 g/mol. The van der Waals surface area contributed by atoms with Gasteiger partial charge in [-0.05, 0) is 11.6 Å². The first-order chi connectivity index (χ1) is 9.33. The Morgan fingerprint density at radius 3 is 2.05 bits per heavy atom.